The van der Waals surface area contributed by atoms with Gasteiger partial charge in [0, 0.05) is 66.8 Å². The van der Waals surface area contributed by atoms with Crippen LogP contribution in [0.15, 0.2) is 194 Å². The van der Waals surface area contributed by atoms with Crippen molar-refractivity contribution < 1.29 is 19.1 Å². The van der Waals surface area contributed by atoms with E-state index in [4.69, 9.17) is 9.47 Å². The van der Waals surface area contributed by atoms with Crippen LogP contribution in [0, 0.1) is 59.2 Å². The second-order valence-corrected chi connectivity index (χ2v) is 15.5. The zero-order valence-corrected chi connectivity index (χ0v) is 38.6. The van der Waals surface area contributed by atoms with E-state index in [-0.39, 0.29) is 7.43 Å². The zero-order valence-electron chi connectivity index (χ0n) is 38.6. The van der Waals surface area contributed by atoms with Gasteiger partial charge in [-0.05, 0) is 183 Å². The molecule has 0 spiro atoms. The van der Waals surface area contributed by atoms with Crippen molar-refractivity contribution in [3.05, 3.63) is 261 Å². The van der Waals surface area contributed by atoms with E-state index in [2.05, 4.69) is 135 Å². The van der Waals surface area contributed by atoms with E-state index in [0.717, 1.165) is 68.5 Å². The van der Waals surface area contributed by atoms with Crippen molar-refractivity contribution in [2.24, 2.45) is 0 Å². The maximum absolute atomic E-state index is 11.6. The standard InChI is InChI=1S/C36H26O2.C28H22O2.CH4/c1-4-28-5-7-29(8-6-28)9-10-30-11-13-31(14-12-30)15-16-32-17-19-33(20-18-32)21-22-34-23-25-35(26-24-34)38-36(37)27(2)3;1-4-22-5-7-23(8-6-22)9-10-24-11-13-25(14-12-24)15-16-26-17-19-27(20-18-26)30-28(29)21(2)3;/h5-8,11-14,17-20,23-26H,2,4H2,1,3H3;5-8,11-14,17-20H,2,4H2,1,3H3;1H4. The van der Waals surface area contributed by atoms with Crippen LogP contribution in [0.3, 0.4) is 0 Å². The van der Waals surface area contributed by atoms with Crippen LogP contribution in [0.2, 0.25) is 0 Å². The molecular formula is C65H52O4. The minimum atomic E-state index is -0.442. The Bertz CT molecular complexity index is 3220. The number of esters is 2. The fourth-order valence-electron chi connectivity index (χ4n) is 5.88. The normalized spacial score (nSPS) is 9.39. The van der Waals surface area contributed by atoms with Crippen molar-refractivity contribution in [1.82, 2.24) is 0 Å². The third kappa shape index (κ3) is 16.9. The molecule has 0 aliphatic heterocycles. The van der Waals surface area contributed by atoms with Gasteiger partial charge in [-0.2, -0.15) is 0 Å². The summed E-state index contributed by atoms with van der Waals surface area (Å²) in [5, 5.41) is 0. The Hall–Kier alpha value is -9.24. The molecule has 0 saturated heterocycles. The predicted octanol–water partition coefficient (Wildman–Crippen LogP) is 13.1. The number of aryl methyl sites for hydroxylation is 2. The topological polar surface area (TPSA) is 52.6 Å². The van der Waals surface area contributed by atoms with Gasteiger partial charge >= 0.3 is 11.9 Å². The Balaban J connectivity index is 0.000000261. The molecule has 7 aromatic carbocycles. The molecule has 0 saturated carbocycles. The Morgan fingerprint density at radius 2 is 0.493 bits per heavy atom. The lowest BCUT2D eigenvalue weighted by Crippen LogP contribution is -2.07. The van der Waals surface area contributed by atoms with Crippen molar-refractivity contribution in [1.29, 1.82) is 0 Å². The van der Waals surface area contributed by atoms with E-state index in [1.807, 2.05) is 97.1 Å². The van der Waals surface area contributed by atoms with E-state index in [1.165, 1.54) is 11.1 Å². The molecule has 0 N–H and O–H groups in total. The Labute approximate surface area is 408 Å². The summed E-state index contributed by atoms with van der Waals surface area (Å²) in [6.45, 7) is 14.7. The van der Waals surface area contributed by atoms with Crippen LogP contribution >= 0.6 is 0 Å². The summed E-state index contributed by atoms with van der Waals surface area (Å²) >= 11 is 0. The first kappa shape index (κ1) is 50.8. The quantitative estimate of drug-likeness (QED) is 0.0722. The zero-order chi connectivity index (χ0) is 48.1. The minimum absolute atomic E-state index is 0. The fraction of sp³-hybridized carbons (Fsp3) is 0.108. The van der Waals surface area contributed by atoms with E-state index in [1.54, 1.807) is 38.1 Å². The first-order valence-electron chi connectivity index (χ1n) is 22.1. The monoisotopic (exact) mass is 896 g/mol. The lowest BCUT2D eigenvalue weighted by atomic mass is 10.1. The highest BCUT2D eigenvalue weighted by molar-refractivity contribution is 5.89. The van der Waals surface area contributed by atoms with Gasteiger partial charge in [0.25, 0.3) is 0 Å². The van der Waals surface area contributed by atoms with Gasteiger partial charge in [-0.1, -0.05) is 118 Å². The van der Waals surface area contributed by atoms with Crippen LogP contribution in [0.25, 0.3) is 0 Å². The largest absolute Gasteiger partial charge is 0.423 e. The van der Waals surface area contributed by atoms with Gasteiger partial charge in [-0.15, -0.1) is 0 Å². The maximum atomic E-state index is 11.6. The second-order valence-electron chi connectivity index (χ2n) is 15.5. The molecule has 69 heavy (non-hydrogen) atoms. The molecule has 0 heterocycles. The van der Waals surface area contributed by atoms with E-state index < -0.39 is 11.9 Å². The van der Waals surface area contributed by atoms with Gasteiger partial charge in [0.05, 0.1) is 0 Å². The number of hydrogen-bond donors (Lipinski definition) is 0. The van der Waals surface area contributed by atoms with Crippen LogP contribution < -0.4 is 9.47 Å². The molecule has 0 unspecified atom stereocenters. The number of ether oxygens (including phenoxy) is 2. The Morgan fingerprint density at radius 1 is 0.333 bits per heavy atom. The lowest BCUT2D eigenvalue weighted by molar-refractivity contribution is -0.130. The highest BCUT2D eigenvalue weighted by Gasteiger charge is 2.06. The Kier molecular flexibility index (Phi) is 19.2. The molecule has 0 amide bonds. The van der Waals surface area contributed by atoms with Crippen molar-refractivity contribution in [3.8, 4) is 70.7 Å². The molecule has 0 radical (unpaired) electrons. The molecule has 336 valence electrons. The first-order chi connectivity index (χ1) is 33.0. The van der Waals surface area contributed by atoms with Crippen LogP contribution in [-0.2, 0) is 22.4 Å². The molecule has 0 aliphatic carbocycles. The third-order valence-electron chi connectivity index (χ3n) is 9.96. The molecule has 7 aromatic rings. The SMILES string of the molecule is C.C=C(C)C(=O)Oc1ccc(C#Cc2ccc(C#Cc3ccc(C#Cc4ccc(CC)cc4)cc3)cc2)cc1.C=C(C)C(=O)Oc1ccc(C#Cc2ccc(C#Cc3ccc(CC)cc3)cc2)cc1. The smallest absolute Gasteiger partial charge is 0.338 e. The minimum Gasteiger partial charge on any atom is -0.423 e. The Morgan fingerprint density at radius 3 is 0.652 bits per heavy atom. The van der Waals surface area contributed by atoms with Gasteiger partial charge in [0.15, 0.2) is 0 Å². The van der Waals surface area contributed by atoms with Gasteiger partial charge in [-0.25, -0.2) is 9.59 Å². The van der Waals surface area contributed by atoms with E-state index in [0.29, 0.717) is 22.6 Å². The summed E-state index contributed by atoms with van der Waals surface area (Å²) in [6, 6.07) is 54.5. The summed E-state index contributed by atoms with van der Waals surface area (Å²) in [5.74, 6) is 31.8. The molecule has 0 atom stereocenters. The molecule has 0 fully saturated rings. The molecular weight excluding hydrogens is 845 g/mol. The molecule has 0 aromatic heterocycles. The molecule has 4 nitrogen and oxygen atoms in total. The summed E-state index contributed by atoms with van der Waals surface area (Å²) < 4.78 is 10.4. The number of carbonyl (C=O) groups excluding carboxylic acids is 2. The molecule has 0 aliphatic rings. The van der Waals surface area contributed by atoms with Crippen LogP contribution in [0.1, 0.15) is 102 Å². The summed E-state index contributed by atoms with van der Waals surface area (Å²) in [6.07, 6.45) is 2.06. The van der Waals surface area contributed by atoms with Gasteiger partial charge < -0.3 is 9.47 Å². The fourth-order valence-corrected chi connectivity index (χ4v) is 5.88. The summed E-state index contributed by atoms with van der Waals surface area (Å²) in [5.41, 5.74) is 12.6. The maximum Gasteiger partial charge on any atom is 0.338 e. The first-order valence-corrected chi connectivity index (χ1v) is 22.1. The predicted molar refractivity (Wildman–Crippen MR) is 281 cm³/mol. The van der Waals surface area contributed by atoms with Crippen LogP contribution in [0.5, 0.6) is 11.5 Å². The van der Waals surface area contributed by atoms with Crippen molar-refractivity contribution in [3.63, 3.8) is 0 Å². The number of hydrogen-bond acceptors (Lipinski definition) is 4. The lowest BCUT2D eigenvalue weighted by Gasteiger charge is -2.03. The molecule has 4 heteroatoms. The molecule has 7 rings (SSSR count). The van der Waals surface area contributed by atoms with Crippen LogP contribution in [-0.4, -0.2) is 11.9 Å². The number of rotatable bonds is 6. The average Bonchev–Trinajstić information content (AvgIpc) is 3.37. The number of benzene rings is 7. The van der Waals surface area contributed by atoms with Gasteiger partial charge in [-0.3, -0.25) is 0 Å². The van der Waals surface area contributed by atoms with Crippen molar-refractivity contribution in [2.45, 2.75) is 48.0 Å². The summed E-state index contributed by atoms with van der Waals surface area (Å²) in [7, 11) is 0. The number of carbonyl (C=O) groups is 2. The van der Waals surface area contributed by atoms with E-state index in [9.17, 15) is 9.59 Å². The van der Waals surface area contributed by atoms with Gasteiger partial charge in [0.2, 0.25) is 0 Å². The third-order valence-corrected chi connectivity index (χ3v) is 9.96. The molecule has 0 bridgehead atoms. The average molecular weight is 897 g/mol. The summed E-state index contributed by atoms with van der Waals surface area (Å²) in [4.78, 5) is 23.1. The van der Waals surface area contributed by atoms with Crippen LogP contribution in [0.4, 0.5) is 0 Å². The van der Waals surface area contributed by atoms with E-state index >= 15 is 0 Å². The highest BCUT2D eigenvalue weighted by Crippen LogP contribution is 2.15. The highest BCUT2D eigenvalue weighted by atomic mass is 16.5. The van der Waals surface area contributed by atoms with Gasteiger partial charge in [0.1, 0.15) is 11.5 Å². The second kappa shape index (κ2) is 26.0. The van der Waals surface area contributed by atoms with Crippen molar-refractivity contribution >= 4 is 11.9 Å². The van der Waals surface area contributed by atoms with Crippen molar-refractivity contribution in [2.75, 3.05) is 0 Å².